The van der Waals surface area contributed by atoms with E-state index in [1.807, 2.05) is 12.1 Å². The predicted octanol–water partition coefficient (Wildman–Crippen LogP) is 2.61. The molecule has 3 rings (SSSR count). The molecule has 2 aromatic heterocycles. The normalized spacial score (nSPS) is 11.4. The third-order valence-corrected chi connectivity index (χ3v) is 2.83. The molecule has 0 atom stereocenters. The van der Waals surface area contributed by atoms with Crippen LogP contribution in [0.2, 0.25) is 0 Å². The topological polar surface area (TPSA) is 58.9 Å². The van der Waals surface area contributed by atoms with Crippen LogP contribution in [-0.4, -0.2) is 9.97 Å². The van der Waals surface area contributed by atoms with Gasteiger partial charge in [-0.1, -0.05) is 15.9 Å². The lowest BCUT2D eigenvalue weighted by atomic mass is 10.2. The number of hydrogen-bond donors (Lipinski definition) is 1. The van der Waals surface area contributed by atoms with E-state index in [-0.39, 0.29) is 11.1 Å². The van der Waals surface area contributed by atoms with Crippen LogP contribution in [0.15, 0.2) is 31.9 Å². The zero-order valence-electron chi connectivity index (χ0n) is 8.08. The van der Waals surface area contributed by atoms with Gasteiger partial charge in [0, 0.05) is 16.8 Å². The fraction of sp³-hybridized carbons (Fsp3) is 0. The maximum absolute atomic E-state index is 11.6. The number of nitrogens with one attached hydrogen (secondary N) is 1. The Morgan fingerprint density at radius 2 is 2.25 bits per heavy atom. The van der Waals surface area contributed by atoms with E-state index in [1.165, 1.54) is 0 Å². The Morgan fingerprint density at radius 1 is 1.44 bits per heavy atom. The van der Waals surface area contributed by atoms with Gasteiger partial charge in [-0.2, -0.15) is 0 Å². The molecule has 3 aromatic rings. The van der Waals surface area contributed by atoms with Crippen LogP contribution in [0.3, 0.4) is 0 Å². The largest absolute Gasteiger partial charge is 0.449 e. The van der Waals surface area contributed by atoms with Crippen LogP contribution < -0.4 is 5.56 Å². The van der Waals surface area contributed by atoms with E-state index in [0.29, 0.717) is 16.9 Å². The number of aromatic nitrogens is 2. The maximum Gasteiger partial charge on any atom is 0.294 e. The lowest BCUT2D eigenvalue weighted by molar-refractivity contribution is 0.660. The second-order valence-corrected chi connectivity index (χ2v) is 4.35. The number of hydrogen-bond acceptors (Lipinski definition) is 3. The highest BCUT2D eigenvalue weighted by Gasteiger charge is 2.12. The average molecular weight is 278 g/mol. The Hall–Kier alpha value is -1.62. The molecule has 0 saturated heterocycles. The third-order valence-electron chi connectivity index (χ3n) is 2.33. The number of benzene rings is 1. The number of halogens is 1. The summed E-state index contributed by atoms with van der Waals surface area (Å²) in [6, 6.07) is 5.51. The Morgan fingerprint density at radius 3 is 3.06 bits per heavy atom. The molecule has 0 aliphatic rings. The Labute approximate surface area is 98.4 Å². The second-order valence-electron chi connectivity index (χ2n) is 3.43. The molecule has 1 N–H and O–H groups in total. The summed E-state index contributed by atoms with van der Waals surface area (Å²) in [5.41, 5.74) is 1.12. The highest BCUT2D eigenvalue weighted by atomic mass is 79.9. The van der Waals surface area contributed by atoms with Crippen molar-refractivity contribution in [3.8, 4) is 0 Å². The van der Waals surface area contributed by atoms with E-state index in [2.05, 4.69) is 32.8 Å². The number of fused-ring (bicyclic) bond motifs is 3. The average Bonchev–Trinajstić information content (AvgIpc) is 2.57. The summed E-state index contributed by atoms with van der Waals surface area (Å²) in [4.78, 5) is 18.3. The zero-order valence-corrected chi connectivity index (χ0v) is 9.67. The smallest absolute Gasteiger partial charge is 0.294 e. The van der Waals surface area contributed by atoms with Crippen LogP contribution in [0.5, 0.6) is 0 Å². The molecule has 2 heterocycles. The van der Waals surface area contributed by atoms with Crippen molar-refractivity contribution in [1.29, 1.82) is 0 Å². The number of rotatable bonds is 0. The van der Waals surface area contributed by atoms with Crippen molar-refractivity contribution in [1.82, 2.24) is 9.97 Å². The van der Waals surface area contributed by atoms with Gasteiger partial charge in [-0.3, -0.25) is 4.79 Å². The fourth-order valence-corrected chi connectivity index (χ4v) is 2.03. The standard InChI is InChI=1S/C11H6BrN2O2/c1-5-13-9-7-4-6(12)2-3-8(7)16-10(9)11(15)14-5/h2-4H,1H2,(H,13,14,15). The summed E-state index contributed by atoms with van der Waals surface area (Å²) in [5.74, 6) is 0.333. The van der Waals surface area contributed by atoms with E-state index >= 15 is 0 Å². The lowest BCUT2D eigenvalue weighted by Gasteiger charge is -1.91. The third kappa shape index (κ3) is 1.28. The van der Waals surface area contributed by atoms with Crippen LogP contribution in [0, 0.1) is 6.92 Å². The number of furan rings is 1. The summed E-state index contributed by atoms with van der Waals surface area (Å²) in [5, 5.41) is 0.806. The van der Waals surface area contributed by atoms with Crippen molar-refractivity contribution >= 4 is 38.0 Å². The summed E-state index contributed by atoms with van der Waals surface area (Å²) in [6.07, 6.45) is 0. The number of aromatic amines is 1. The minimum atomic E-state index is -0.303. The molecule has 0 aliphatic carbocycles. The monoisotopic (exact) mass is 277 g/mol. The summed E-state index contributed by atoms with van der Waals surface area (Å²) in [6.45, 7) is 3.62. The van der Waals surface area contributed by atoms with Gasteiger partial charge < -0.3 is 9.40 Å². The molecule has 0 aliphatic heterocycles. The molecule has 16 heavy (non-hydrogen) atoms. The molecule has 0 fully saturated rings. The molecular weight excluding hydrogens is 272 g/mol. The minimum absolute atomic E-state index is 0.237. The molecule has 0 amide bonds. The van der Waals surface area contributed by atoms with E-state index in [1.54, 1.807) is 6.07 Å². The quantitative estimate of drug-likeness (QED) is 0.687. The van der Waals surface area contributed by atoms with Crippen molar-refractivity contribution in [3.63, 3.8) is 0 Å². The van der Waals surface area contributed by atoms with Crippen molar-refractivity contribution in [2.45, 2.75) is 0 Å². The van der Waals surface area contributed by atoms with Crippen LogP contribution in [-0.2, 0) is 0 Å². The molecule has 5 heteroatoms. The molecule has 0 spiro atoms. The Bertz CT molecular complexity index is 758. The molecule has 1 aromatic carbocycles. The van der Waals surface area contributed by atoms with Crippen molar-refractivity contribution < 1.29 is 4.42 Å². The van der Waals surface area contributed by atoms with Gasteiger partial charge in [-0.15, -0.1) is 0 Å². The van der Waals surface area contributed by atoms with Gasteiger partial charge in [-0.25, -0.2) is 4.98 Å². The van der Waals surface area contributed by atoms with Crippen LogP contribution >= 0.6 is 15.9 Å². The number of H-pyrrole nitrogens is 1. The Kier molecular flexibility index (Phi) is 1.91. The van der Waals surface area contributed by atoms with Gasteiger partial charge in [-0.05, 0) is 18.2 Å². The summed E-state index contributed by atoms with van der Waals surface area (Å²) in [7, 11) is 0. The van der Waals surface area contributed by atoms with Gasteiger partial charge in [0.1, 0.15) is 16.9 Å². The van der Waals surface area contributed by atoms with E-state index < -0.39 is 0 Å². The van der Waals surface area contributed by atoms with Crippen LogP contribution in [0.4, 0.5) is 0 Å². The van der Waals surface area contributed by atoms with Gasteiger partial charge in [0.25, 0.3) is 5.56 Å². The lowest BCUT2D eigenvalue weighted by Crippen LogP contribution is -2.07. The molecule has 79 valence electrons. The van der Waals surface area contributed by atoms with Gasteiger partial charge in [0.15, 0.2) is 0 Å². The number of nitrogens with zero attached hydrogens (tertiary/aromatic N) is 1. The first-order chi connectivity index (χ1) is 7.65. The minimum Gasteiger partial charge on any atom is -0.449 e. The van der Waals surface area contributed by atoms with Crippen LogP contribution in [0.25, 0.3) is 22.1 Å². The summed E-state index contributed by atoms with van der Waals surface area (Å²) < 4.78 is 6.35. The van der Waals surface area contributed by atoms with Crippen molar-refractivity contribution in [2.75, 3.05) is 0 Å². The molecular formula is C11H6BrN2O2. The van der Waals surface area contributed by atoms with Gasteiger partial charge in [0.05, 0.1) is 0 Å². The SMILES string of the molecule is [CH2]c1nc2c(oc3ccc(Br)cc32)c(=O)[nH]1. The van der Waals surface area contributed by atoms with E-state index in [0.717, 1.165) is 9.86 Å². The van der Waals surface area contributed by atoms with Gasteiger partial charge >= 0.3 is 0 Å². The van der Waals surface area contributed by atoms with E-state index in [9.17, 15) is 4.79 Å². The first kappa shape index (κ1) is 9.59. The van der Waals surface area contributed by atoms with Crippen LogP contribution in [0.1, 0.15) is 5.82 Å². The first-order valence-corrected chi connectivity index (χ1v) is 5.38. The van der Waals surface area contributed by atoms with Crippen molar-refractivity contribution in [2.24, 2.45) is 0 Å². The molecule has 4 nitrogen and oxygen atoms in total. The first-order valence-electron chi connectivity index (χ1n) is 4.59. The predicted molar refractivity (Wildman–Crippen MR) is 64.3 cm³/mol. The van der Waals surface area contributed by atoms with E-state index in [4.69, 9.17) is 4.42 Å². The van der Waals surface area contributed by atoms with Gasteiger partial charge in [0.2, 0.25) is 5.58 Å². The fourth-order valence-electron chi connectivity index (χ4n) is 1.67. The molecule has 1 radical (unpaired) electrons. The molecule has 0 bridgehead atoms. The van der Waals surface area contributed by atoms with Crippen molar-refractivity contribution in [3.05, 3.63) is 45.8 Å². The maximum atomic E-state index is 11.6. The molecule has 0 unspecified atom stereocenters. The zero-order chi connectivity index (χ0) is 11.3. The summed E-state index contributed by atoms with van der Waals surface area (Å²) >= 11 is 3.37. The highest BCUT2D eigenvalue weighted by Crippen LogP contribution is 2.27. The Balaban J connectivity index is 2.62. The molecule has 0 saturated carbocycles. The second kappa shape index (κ2) is 3.18. The highest BCUT2D eigenvalue weighted by molar-refractivity contribution is 9.10.